The third kappa shape index (κ3) is 3.03. The maximum atomic E-state index is 13.6. The largest absolute Gasteiger partial charge is 0.483 e. The average molecular weight is 423 g/mol. The summed E-state index contributed by atoms with van der Waals surface area (Å²) >= 11 is 0. The number of nitrogens with zero attached hydrogens (tertiary/aromatic N) is 3. The fourth-order valence-electron chi connectivity index (χ4n) is 4.87. The Bertz CT molecular complexity index is 1120. The van der Waals surface area contributed by atoms with E-state index >= 15 is 0 Å². The Hall–Kier alpha value is -3.49. The Morgan fingerprint density at radius 3 is 2.58 bits per heavy atom. The van der Waals surface area contributed by atoms with Crippen LogP contribution in [0.25, 0.3) is 0 Å². The Kier molecular flexibility index (Phi) is 4.42. The summed E-state index contributed by atoms with van der Waals surface area (Å²) in [4.78, 5) is 39.0. The second-order valence-corrected chi connectivity index (χ2v) is 8.51. The number of rotatable bonds is 3. The molecule has 1 fully saturated rings. The number of Topliss-reactive ketones (excluding diaryl/α,β-unsaturated/α-hetero) is 1. The zero-order chi connectivity index (χ0) is 21.9. The molecule has 0 radical (unpaired) electrons. The molecule has 160 valence electrons. The molecule has 2 aromatic rings. The van der Waals surface area contributed by atoms with Crippen LogP contribution in [0, 0.1) is 28.9 Å². The number of hydrogen-bond donors (Lipinski definition) is 0. The van der Waals surface area contributed by atoms with Crippen LogP contribution in [-0.4, -0.2) is 27.9 Å². The van der Waals surface area contributed by atoms with E-state index in [1.54, 1.807) is 25.1 Å². The van der Waals surface area contributed by atoms with Crippen LogP contribution in [0.4, 0.5) is 11.5 Å². The van der Waals surface area contributed by atoms with Gasteiger partial charge >= 0.3 is 0 Å². The molecule has 0 saturated heterocycles. The van der Waals surface area contributed by atoms with Gasteiger partial charge in [0.15, 0.2) is 17.4 Å². The van der Waals surface area contributed by atoms with E-state index in [0.717, 1.165) is 12.8 Å². The smallest absolute Gasteiger partial charge is 0.295 e. The van der Waals surface area contributed by atoms with E-state index in [4.69, 9.17) is 9.26 Å². The van der Waals surface area contributed by atoms with Gasteiger partial charge < -0.3 is 9.26 Å². The summed E-state index contributed by atoms with van der Waals surface area (Å²) in [7, 11) is 0. The highest BCUT2D eigenvalue weighted by molar-refractivity contribution is 6.17. The zero-order valence-corrected chi connectivity index (χ0v) is 17.1. The van der Waals surface area contributed by atoms with Gasteiger partial charge in [-0.15, -0.1) is 0 Å². The van der Waals surface area contributed by atoms with Crippen molar-refractivity contribution in [1.82, 2.24) is 5.16 Å². The van der Waals surface area contributed by atoms with E-state index in [1.807, 2.05) is 0 Å². The SMILES string of the molecule is Cc1cc(N2C(=O)C3=C(C(=O)C4CC(C)CCC4O3)C2c2ccc([N+](=O)[O-])cc2)no1. The number of nitro benzene ring substituents is 1. The van der Waals surface area contributed by atoms with Crippen LogP contribution in [0.15, 0.2) is 46.2 Å². The van der Waals surface area contributed by atoms with Crippen molar-refractivity contribution in [1.29, 1.82) is 0 Å². The number of aromatic nitrogens is 1. The number of amides is 1. The van der Waals surface area contributed by atoms with E-state index in [0.29, 0.717) is 29.2 Å². The predicted octanol–water partition coefficient (Wildman–Crippen LogP) is 3.64. The van der Waals surface area contributed by atoms with Crippen molar-refractivity contribution in [2.24, 2.45) is 11.8 Å². The number of anilines is 1. The fraction of sp³-hybridized carbons (Fsp3) is 0.409. The van der Waals surface area contributed by atoms with Crippen LogP contribution in [0.5, 0.6) is 0 Å². The number of nitro groups is 1. The maximum Gasteiger partial charge on any atom is 0.295 e. The van der Waals surface area contributed by atoms with Crippen LogP contribution >= 0.6 is 0 Å². The topological polar surface area (TPSA) is 116 Å². The second kappa shape index (κ2) is 7.04. The molecule has 1 amide bonds. The fourth-order valence-corrected chi connectivity index (χ4v) is 4.87. The summed E-state index contributed by atoms with van der Waals surface area (Å²) in [6.45, 7) is 3.83. The van der Waals surface area contributed by atoms with E-state index in [1.165, 1.54) is 17.0 Å². The maximum absolute atomic E-state index is 13.6. The van der Waals surface area contributed by atoms with Crippen LogP contribution < -0.4 is 4.90 Å². The molecule has 4 unspecified atom stereocenters. The van der Waals surface area contributed by atoms with Gasteiger partial charge in [0.1, 0.15) is 11.9 Å². The number of hydrogen-bond acceptors (Lipinski definition) is 7. The summed E-state index contributed by atoms with van der Waals surface area (Å²) in [5.74, 6) is 0.423. The third-order valence-electron chi connectivity index (χ3n) is 6.39. The lowest BCUT2D eigenvalue weighted by molar-refractivity contribution is -0.384. The number of non-ortho nitro benzene ring substituents is 1. The molecule has 1 aromatic heterocycles. The van der Waals surface area contributed by atoms with Gasteiger partial charge in [0.25, 0.3) is 11.6 Å². The molecule has 4 atom stereocenters. The van der Waals surface area contributed by atoms with Gasteiger partial charge in [-0.3, -0.25) is 24.6 Å². The zero-order valence-electron chi connectivity index (χ0n) is 17.1. The van der Waals surface area contributed by atoms with Gasteiger partial charge in [-0.1, -0.05) is 12.1 Å². The van der Waals surface area contributed by atoms with Crippen LogP contribution in [0.2, 0.25) is 0 Å². The number of ether oxygens (including phenoxy) is 1. The van der Waals surface area contributed by atoms with Crippen molar-refractivity contribution < 1.29 is 23.8 Å². The third-order valence-corrected chi connectivity index (χ3v) is 6.39. The minimum atomic E-state index is -0.779. The first kappa shape index (κ1) is 19.5. The molecule has 1 saturated carbocycles. The molecule has 9 nitrogen and oxygen atoms in total. The first-order valence-corrected chi connectivity index (χ1v) is 10.3. The Balaban J connectivity index is 1.63. The highest BCUT2D eigenvalue weighted by Crippen LogP contribution is 2.48. The quantitative estimate of drug-likeness (QED) is 0.547. The van der Waals surface area contributed by atoms with Crippen molar-refractivity contribution >= 4 is 23.2 Å². The van der Waals surface area contributed by atoms with Crippen molar-refractivity contribution in [2.75, 3.05) is 4.90 Å². The van der Waals surface area contributed by atoms with Crippen molar-refractivity contribution in [3.8, 4) is 0 Å². The molecule has 9 heteroatoms. The first-order valence-electron chi connectivity index (χ1n) is 10.3. The molecule has 1 aliphatic carbocycles. The number of aryl methyl sites for hydroxylation is 1. The lowest BCUT2D eigenvalue weighted by atomic mass is 9.74. The Morgan fingerprint density at radius 1 is 1.19 bits per heavy atom. The molecule has 3 aliphatic rings. The highest BCUT2D eigenvalue weighted by atomic mass is 16.6. The first-order chi connectivity index (χ1) is 14.8. The summed E-state index contributed by atoms with van der Waals surface area (Å²) in [5.41, 5.74) is 0.803. The van der Waals surface area contributed by atoms with Crippen molar-refractivity contribution in [3.05, 3.63) is 63.1 Å². The Labute approximate surface area is 177 Å². The van der Waals surface area contributed by atoms with Gasteiger partial charge in [0.2, 0.25) is 0 Å². The van der Waals surface area contributed by atoms with Crippen LogP contribution in [-0.2, 0) is 14.3 Å². The summed E-state index contributed by atoms with van der Waals surface area (Å²) in [6, 6.07) is 6.70. The molecule has 3 heterocycles. The van der Waals surface area contributed by atoms with Gasteiger partial charge in [-0.2, -0.15) is 0 Å². The predicted molar refractivity (Wildman–Crippen MR) is 108 cm³/mol. The average Bonchev–Trinajstić information content (AvgIpc) is 3.30. The number of fused-ring (bicyclic) bond motifs is 1. The highest BCUT2D eigenvalue weighted by Gasteiger charge is 2.53. The van der Waals surface area contributed by atoms with E-state index < -0.39 is 16.9 Å². The molecule has 0 N–H and O–H groups in total. The number of benzene rings is 1. The van der Waals surface area contributed by atoms with E-state index in [2.05, 4.69) is 12.1 Å². The van der Waals surface area contributed by atoms with Crippen LogP contribution in [0.1, 0.15) is 43.6 Å². The molecule has 5 rings (SSSR count). The van der Waals surface area contributed by atoms with Crippen LogP contribution in [0.3, 0.4) is 0 Å². The molecular weight excluding hydrogens is 402 g/mol. The lowest BCUT2D eigenvalue weighted by Gasteiger charge is -2.37. The lowest BCUT2D eigenvalue weighted by Crippen LogP contribution is -2.41. The molecule has 1 aromatic carbocycles. The molecule has 2 aliphatic heterocycles. The number of carbonyl (C=O) groups excluding carboxylic acids is 2. The van der Waals surface area contributed by atoms with E-state index in [-0.39, 0.29) is 35.1 Å². The summed E-state index contributed by atoms with van der Waals surface area (Å²) in [5, 5.41) is 15.1. The monoisotopic (exact) mass is 423 g/mol. The molecule has 0 spiro atoms. The standard InChI is InChI=1S/C22H21N3O6/c1-11-3-8-16-15(9-11)20(26)18-19(13-4-6-14(7-5-13)25(28)29)24(22(27)21(18)30-16)17-10-12(2)31-23-17/h4-7,10-11,15-16,19H,3,8-9H2,1-2H3. The summed E-state index contributed by atoms with van der Waals surface area (Å²) in [6.07, 6.45) is 2.09. The van der Waals surface area contributed by atoms with Gasteiger partial charge in [-0.05, 0) is 49.8 Å². The van der Waals surface area contributed by atoms with Gasteiger partial charge in [0, 0.05) is 18.2 Å². The minimum absolute atomic E-state index is 0.0600. The second-order valence-electron chi connectivity index (χ2n) is 8.51. The molecule has 31 heavy (non-hydrogen) atoms. The number of ketones is 1. The molecule has 0 bridgehead atoms. The Morgan fingerprint density at radius 2 is 1.94 bits per heavy atom. The van der Waals surface area contributed by atoms with Crippen molar-refractivity contribution in [2.45, 2.75) is 45.3 Å². The normalized spacial score (nSPS) is 27.7. The summed E-state index contributed by atoms with van der Waals surface area (Å²) < 4.78 is 11.3. The van der Waals surface area contributed by atoms with Gasteiger partial charge in [-0.25, -0.2) is 0 Å². The number of carbonyl (C=O) groups is 2. The molecular formula is C22H21N3O6. The minimum Gasteiger partial charge on any atom is -0.483 e. The van der Waals surface area contributed by atoms with Gasteiger partial charge in [0.05, 0.1) is 22.5 Å². The van der Waals surface area contributed by atoms with E-state index in [9.17, 15) is 19.7 Å². The van der Waals surface area contributed by atoms with Crippen molar-refractivity contribution in [3.63, 3.8) is 0 Å².